The summed E-state index contributed by atoms with van der Waals surface area (Å²) < 4.78 is 4.55. The predicted octanol–water partition coefficient (Wildman–Crippen LogP) is 6.20. The third kappa shape index (κ3) is 31.2. The summed E-state index contributed by atoms with van der Waals surface area (Å²) >= 11 is 0. The number of unbranched alkanes of at least 4 members (excludes halogenated alkanes) is 11. The number of rotatable bonds is 17. The van der Waals surface area contributed by atoms with E-state index in [1.165, 1.54) is 70.6 Å². The molecule has 0 aliphatic carbocycles. The van der Waals surface area contributed by atoms with Crippen molar-refractivity contribution in [2.45, 2.75) is 117 Å². The molecule has 0 fully saturated rings. The third-order valence-electron chi connectivity index (χ3n) is 4.33. The third-order valence-corrected chi connectivity index (χ3v) is 4.33. The van der Waals surface area contributed by atoms with Gasteiger partial charge in [0.25, 0.3) is 0 Å². The minimum Gasteiger partial charge on any atom is -0.481 e. The van der Waals surface area contributed by atoms with Gasteiger partial charge in [-0.1, -0.05) is 90.9 Å². The summed E-state index contributed by atoms with van der Waals surface area (Å²) in [6.07, 6.45) is 17.0. The van der Waals surface area contributed by atoms with Crippen LogP contribution < -0.4 is 0 Å². The zero-order valence-corrected chi connectivity index (χ0v) is 18.0. The molecule has 0 saturated carbocycles. The lowest BCUT2D eigenvalue weighted by Crippen LogP contribution is -2.07. The molecule has 0 amide bonds. The van der Waals surface area contributed by atoms with Crippen LogP contribution in [0.3, 0.4) is 0 Å². The molecule has 0 aliphatic rings. The number of methoxy groups -OCH3 is 1. The van der Waals surface area contributed by atoms with Gasteiger partial charge in [0.15, 0.2) is 0 Å². The van der Waals surface area contributed by atoms with E-state index < -0.39 is 5.97 Å². The van der Waals surface area contributed by atoms with Gasteiger partial charge >= 0.3 is 5.97 Å². The maximum Gasteiger partial charge on any atom is 0.303 e. The molecule has 0 radical (unpaired) electrons. The average molecular weight is 375 g/mol. The van der Waals surface area contributed by atoms with Crippen LogP contribution in [0.25, 0.3) is 0 Å². The highest BCUT2D eigenvalue weighted by atomic mass is 16.5. The fourth-order valence-corrected chi connectivity index (χ4v) is 2.84. The SMILES string of the molecule is CC(C)CCCCCCCCCCCCCCC(=O)O.COCC(C)O. The lowest BCUT2D eigenvalue weighted by molar-refractivity contribution is -0.137. The number of carboxylic acids is 1. The van der Waals surface area contributed by atoms with Crippen LogP contribution in [0.5, 0.6) is 0 Å². The summed E-state index contributed by atoms with van der Waals surface area (Å²) in [5, 5.41) is 16.9. The van der Waals surface area contributed by atoms with Gasteiger partial charge in [-0.2, -0.15) is 0 Å². The first-order valence-electron chi connectivity index (χ1n) is 10.8. The molecule has 4 nitrogen and oxygen atoms in total. The van der Waals surface area contributed by atoms with Gasteiger partial charge in [0.1, 0.15) is 0 Å². The normalized spacial score (nSPS) is 11.9. The van der Waals surface area contributed by atoms with Crippen molar-refractivity contribution < 1.29 is 19.7 Å². The predicted molar refractivity (Wildman–Crippen MR) is 111 cm³/mol. The molecule has 0 rings (SSSR count). The van der Waals surface area contributed by atoms with Gasteiger partial charge in [0.05, 0.1) is 12.7 Å². The van der Waals surface area contributed by atoms with Crippen LogP contribution in [0.1, 0.15) is 111 Å². The lowest BCUT2D eigenvalue weighted by Gasteiger charge is -2.04. The molecule has 0 bridgehead atoms. The van der Waals surface area contributed by atoms with Crippen molar-refractivity contribution in [3.8, 4) is 0 Å². The van der Waals surface area contributed by atoms with Crippen LogP contribution in [-0.4, -0.2) is 36.0 Å². The number of carbonyl (C=O) groups is 1. The standard InChI is InChI=1S/C18H36O2.C4H10O2/c1-17(2)15-13-11-9-7-5-3-4-6-8-10-12-14-16-18(19)20;1-4(5)3-6-2/h17H,3-16H2,1-2H3,(H,19,20);4-5H,3H2,1-2H3. The van der Waals surface area contributed by atoms with Crippen molar-refractivity contribution in [1.29, 1.82) is 0 Å². The molecule has 0 spiro atoms. The highest BCUT2D eigenvalue weighted by Crippen LogP contribution is 2.14. The molecular weight excluding hydrogens is 328 g/mol. The molecule has 0 aromatic carbocycles. The smallest absolute Gasteiger partial charge is 0.303 e. The number of aliphatic hydroxyl groups excluding tert-OH is 1. The van der Waals surface area contributed by atoms with Crippen LogP contribution in [0, 0.1) is 5.92 Å². The second-order valence-corrected chi connectivity index (χ2v) is 7.87. The minimum absolute atomic E-state index is 0.324. The van der Waals surface area contributed by atoms with E-state index >= 15 is 0 Å². The summed E-state index contributed by atoms with van der Waals surface area (Å²) in [4.78, 5) is 10.3. The largest absolute Gasteiger partial charge is 0.481 e. The summed E-state index contributed by atoms with van der Waals surface area (Å²) in [6.45, 7) is 6.73. The summed E-state index contributed by atoms with van der Waals surface area (Å²) in [7, 11) is 1.56. The molecule has 0 saturated heterocycles. The Kier molecular flexibility index (Phi) is 23.8. The minimum atomic E-state index is -0.654. The maximum atomic E-state index is 10.3. The van der Waals surface area contributed by atoms with Gasteiger partial charge in [-0.3, -0.25) is 4.79 Å². The molecule has 26 heavy (non-hydrogen) atoms. The van der Waals surface area contributed by atoms with Crippen molar-refractivity contribution in [2.24, 2.45) is 5.92 Å². The van der Waals surface area contributed by atoms with Crippen LogP contribution in [-0.2, 0) is 9.53 Å². The first kappa shape index (κ1) is 27.6. The van der Waals surface area contributed by atoms with Crippen molar-refractivity contribution in [3.05, 3.63) is 0 Å². The lowest BCUT2D eigenvalue weighted by atomic mass is 10.0. The molecule has 0 aromatic heterocycles. The van der Waals surface area contributed by atoms with E-state index in [1.807, 2.05) is 0 Å². The number of hydrogen-bond acceptors (Lipinski definition) is 3. The zero-order chi connectivity index (χ0) is 20.0. The van der Waals surface area contributed by atoms with Crippen LogP contribution in [0.4, 0.5) is 0 Å². The molecule has 158 valence electrons. The highest BCUT2D eigenvalue weighted by molar-refractivity contribution is 5.66. The average Bonchev–Trinajstić information content (AvgIpc) is 2.55. The van der Waals surface area contributed by atoms with Gasteiger partial charge in [0.2, 0.25) is 0 Å². The first-order valence-corrected chi connectivity index (χ1v) is 10.8. The van der Waals surface area contributed by atoms with Crippen molar-refractivity contribution in [1.82, 2.24) is 0 Å². The number of aliphatic hydroxyl groups is 1. The van der Waals surface area contributed by atoms with Gasteiger partial charge in [-0.05, 0) is 19.3 Å². The number of ether oxygens (including phenoxy) is 1. The van der Waals surface area contributed by atoms with Gasteiger partial charge in [-0.15, -0.1) is 0 Å². The summed E-state index contributed by atoms with van der Waals surface area (Å²) in [5.41, 5.74) is 0. The first-order chi connectivity index (χ1) is 12.4. The fraction of sp³-hybridized carbons (Fsp3) is 0.955. The topological polar surface area (TPSA) is 66.8 Å². The van der Waals surface area contributed by atoms with Crippen LogP contribution >= 0.6 is 0 Å². The number of hydrogen-bond donors (Lipinski definition) is 2. The Labute approximate surface area is 162 Å². The highest BCUT2D eigenvalue weighted by Gasteiger charge is 1.97. The number of carboxylic acid groups (broad SMARTS) is 1. The van der Waals surface area contributed by atoms with Gasteiger partial charge < -0.3 is 14.9 Å². The van der Waals surface area contributed by atoms with E-state index in [-0.39, 0.29) is 6.10 Å². The summed E-state index contributed by atoms with van der Waals surface area (Å²) in [6, 6.07) is 0. The molecular formula is C22H46O4. The summed E-state index contributed by atoms with van der Waals surface area (Å²) in [5.74, 6) is 0.212. The second kappa shape index (κ2) is 22.4. The monoisotopic (exact) mass is 374 g/mol. The van der Waals surface area contributed by atoms with E-state index in [4.69, 9.17) is 10.2 Å². The Morgan fingerprint density at radius 1 is 0.769 bits per heavy atom. The zero-order valence-electron chi connectivity index (χ0n) is 18.0. The molecule has 1 atom stereocenters. The van der Waals surface area contributed by atoms with Crippen LogP contribution in [0.15, 0.2) is 0 Å². The molecule has 0 aromatic rings. The van der Waals surface area contributed by atoms with Gasteiger partial charge in [0, 0.05) is 13.5 Å². The van der Waals surface area contributed by atoms with Crippen LogP contribution in [0.2, 0.25) is 0 Å². The van der Waals surface area contributed by atoms with Gasteiger partial charge in [-0.25, -0.2) is 0 Å². The Hall–Kier alpha value is -0.610. The fourth-order valence-electron chi connectivity index (χ4n) is 2.84. The van der Waals surface area contributed by atoms with E-state index in [9.17, 15) is 4.79 Å². The Morgan fingerprint density at radius 3 is 1.42 bits per heavy atom. The van der Waals surface area contributed by atoms with E-state index in [1.54, 1.807) is 14.0 Å². The number of aliphatic carboxylic acids is 1. The Balaban J connectivity index is 0. The molecule has 0 heterocycles. The Bertz CT molecular complexity index is 277. The quantitative estimate of drug-likeness (QED) is 0.297. The van der Waals surface area contributed by atoms with E-state index in [2.05, 4.69) is 18.6 Å². The van der Waals surface area contributed by atoms with Crippen molar-refractivity contribution in [3.63, 3.8) is 0 Å². The molecule has 4 heteroatoms. The van der Waals surface area contributed by atoms with E-state index in [0.717, 1.165) is 18.8 Å². The molecule has 0 aliphatic heterocycles. The Morgan fingerprint density at radius 2 is 1.15 bits per heavy atom. The molecule has 1 unspecified atom stereocenters. The van der Waals surface area contributed by atoms with Crippen molar-refractivity contribution >= 4 is 5.97 Å². The molecule has 2 N–H and O–H groups in total. The maximum absolute atomic E-state index is 10.3. The van der Waals surface area contributed by atoms with E-state index in [0.29, 0.717) is 13.0 Å². The van der Waals surface area contributed by atoms with Crippen molar-refractivity contribution in [2.75, 3.05) is 13.7 Å². The second-order valence-electron chi connectivity index (χ2n) is 7.87.